The third kappa shape index (κ3) is 2.24. The molecule has 1 rings (SSSR count). The van der Waals surface area contributed by atoms with E-state index in [0.29, 0.717) is 6.54 Å². The van der Waals surface area contributed by atoms with Crippen LogP contribution in [-0.2, 0) is 0 Å². The number of rotatable bonds is 3. The summed E-state index contributed by atoms with van der Waals surface area (Å²) < 4.78 is 5.18. The van der Waals surface area contributed by atoms with E-state index in [0.717, 1.165) is 17.8 Å². The van der Waals surface area contributed by atoms with Gasteiger partial charge in [-0.1, -0.05) is 6.08 Å². The maximum Gasteiger partial charge on any atom is 0.129 e. The van der Waals surface area contributed by atoms with E-state index in [2.05, 4.69) is 6.08 Å². The van der Waals surface area contributed by atoms with Crippen molar-refractivity contribution < 1.29 is 4.42 Å². The zero-order chi connectivity index (χ0) is 8.10. The minimum absolute atomic E-state index is 0.693. The first-order chi connectivity index (χ1) is 5.34. The van der Waals surface area contributed by atoms with Gasteiger partial charge in [0.15, 0.2) is 0 Å². The van der Waals surface area contributed by atoms with Crippen molar-refractivity contribution in [1.82, 2.24) is 0 Å². The standard InChI is InChI=1S/C9H13NO/c1-8(4-2-6-10)9-5-3-7-11-9/h3-5,7H,2,6,10H2,1H3. The third-order valence-corrected chi connectivity index (χ3v) is 1.53. The van der Waals surface area contributed by atoms with Crippen LogP contribution in [0.2, 0.25) is 0 Å². The van der Waals surface area contributed by atoms with Crippen LogP contribution in [0.5, 0.6) is 0 Å². The first kappa shape index (κ1) is 8.08. The molecule has 0 fully saturated rings. The summed E-state index contributed by atoms with van der Waals surface area (Å²) in [7, 11) is 0. The molecule has 2 heteroatoms. The molecule has 0 unspecified atom stereocenters. The van der Waals surface area contributed by atoms with Crippen molar-refractivity contribution in [3.05, 3.63) is 30.2 Å². The van der Waals surface area contributed by atoms with E-state index < -0.39 is 0 Å². The largest absolute Gasteiger partial charge is 0.465 e. The molecule has 1 aromatic rings. The molecule has 0 saturated heterocycles. The Hall–Kier alpha value is -1.02. The van der Waals surface area contributed by atoms with E-state index in [1.807, 2.05) is 19.1 Å². The zero-order valence-electron chi connectivity index (χ0n) is 6.71. The Morgan fingerprint density at radius 1 is 1.73 bits per heavy atom. The lowest BCUT2D eigenvalue weighted by Gasteiger charge is -1.93. The predicted octanol–water partition coefficient (Wildman–Crippen LogP) is 2.03. The zero-order valence-corrected chi connectivity index (χ0v) is 6.71. The molecular weight excluding hydrogens is 138 g/mol. The van der Waals surface area contributed by atoms with Crippen LogP contribution in [-0.4, -0.2) is 6.54 Å². The molecule has 1 aromatic heterocycles. The maximum atomic E-state index is 5.36. The van der Waals surface area contributed by atoms with Gasteiger partial charge in [0.1, 0.15) is 5.76 Å². The van der Waals surface area contributed by atoms with Crippen molar-refractivity contribution in [2.45, 2.75) is 13.3 Å². The van der Waals surface area contributed by atoms with Crippen molar-refractivity contribution in [1.29, 1.82) is 0 Å². The van der Waals surface area contributed by atoms with Gasteiger partial charge >= 0.3 is 0 Å². The Labute approximate surface area is 66.7 Å². The van der Waals surface area contributed by atoms with E-state index in [9.17, 15) is 0 Å². The van der Waals surface area contributed by atoms with Crippen LogP contribution in [0.1, 0.15) is 19.1 Å². The molecule has 60 valence electrons. The summed E-state index contributed by atoms with van der Waals surface area (Å²) >= 11 is 0. The van der Waals surface area contributed by atoms with E-state index >= 15 is 0 Å². The lowest BCUT2D eigenvalue weighted by atomic mass is 10.2. The third-order valence-electron chi connectivity index (χ3n) is 1.53. The molecule has 0 amide bonds. The van der Waals surface area contributed by atoms with E-state index in [1.54, 1.807) is 6.26 Å². The summed E-state index contributed by atoms with van der Waals surface area (Å²) in [4.78, 5) is 0. The molecule has 2 N–H and O–H groups in total. The van der Waals surface area contributed by atoms with Gasteiger partial charge in [-0.15, -0.1) is 0 Å². The Morgan fingerprint density at radius 3 is 3.09 bits per heavy atom. The van der Waals surface area contributed by atoms with Crippen LogP contribution in [0, 0.1) is 0 Å². The lowest BCUT2D eigenvalue weighted by Crippen LogP contribution is -1.95. The van der Waals surface area contributed by atoms with Gasteiger partial charge < -0.3 is 10.2 Å². The van der Waals surface area contributed by atoms with Gasteiger partial charge in [-0.2, -0.15) is 0 Å². The number of furan rings is 1. The topological polar surface area (TPSA) is 39.2 Å². The van der Waals surface area contributed by atoms with E-state index in [-0.39, 0.29) is 0 Å². The lowest BCUT2D eigenvalue weighted by molar-refractivity contribution is 0.552. The van der Waals surface area contributed by atoms with Crippen molar-refractivity contribution in [3.8, 4) is 0 Å². The minimum Gasteiger partial charge on any atom is -0.465 e. The molecule has 11 heavy (non-hydrogen) atoms. The monoisotopic (exact) mass is 151 g/mol. The van der Waals surface area contributed by atoms with Gasteiger partial charge in [-0.3, -0.25) is 0 Å². The minimum atomic E-state index is 0.693. The van der Waals surface area contributed by atoms with Gasteiger partial charge in [-0.25, -0.2) is 0 Å². The molecule has 0 radical (unpaired) electrons. The first-order valence-electron chi connectivity index (χ1n) is 3.75. The average molecular weight is 151 g/mol. The smallest absolute Gasteiger partial charge is 0.129 e. The molecule has 0 spiro atoms. The Balaban J connectivity index is 2.62. The van der Waals surface area contributed by atoms with Crippen LogP contribution in [0.25, 0.3) is 5.57 Å². The molecule has 0 aliphatic heterocycles. The second-order valence-electron chi connectivity index (χ2n) is 2.44. The highest BCUT2D eigenvalue weighted by atomic mass is 16.3. The van der Waals surface area contributed by atoms with Crippen LogP contribution in [0.3, 0.4) is 0 Å². The van der Waals surface area contributed by atoms with Crippen LogP contribution in [0.15, 0.2) is 28.9 Å². The number of nitrogens with two attached hydrogens (primary N) is 1. The van der Waals surface area contributed by atoms with Gasteiger partial charge in [0.05, 0.1) is 6.26 Å². The Morgan fingerprint density at radius 2 is 2.55 bits per heavy atom. The van der Waals surface area contributed by atoms with E-state index in [1.165, 1.54) is 0 Å². The molecule has 0 aliphatic rings. The summed E-state index contributed by atoms with van der Waals surface area (Å²) in [6.45, 7) is 2.71. The maximum absolute atomic E-state index is 5.36. The highest BCUT2D eigenvalue weighted by Crippen LogP contribution is 2.13. The highest BCUT2D eigenvalue weighted by molar-refractivity contribution is 5.58. The summed E-state index contributed by atoms with van der Waals surface area (Å²) in [5, 5.41) is 0. The van der Waals surface area contributed by atoms with E-state index in [4.69, 9.17) is 10.2 Å². The SMILES string of the molecule is CC(=CCCN)c1ccco1. The highest BCUT2D eigenvalue weighted by Gasteiger charge is 1.95. The summed E-state index contributed by atoms with van der Waals surface area (Å²) in [5.41, 5.74) is 6.51. The average Bonchev–Trinajstić information content (AvgIpc) is 2.52. The number of hydrogen-bond donors (Lipinski definition) is 1. The quantitative estimate of drug-likeness (QED) is 0.717. The molecule has 2 nitrogen and oxygen atoms in total. The molecule has 0 atom stereocenters. The van der Waals surface area contributed by atoms with Crippen LogP contribution in [0.4, 0.5) is 0 Å². The van der Waals surface area contributed by atoms with Crippen LogP contribution >= 0.6 is 0 Å². The Bertz CT molecular complexity index is 224. The fourth-order valence-electron chi connectivity index (χ4n) is 0.903. The summed E-state index contributed by atoms with van der Waals surface area (Å²) in [6.07, 6.45) is 4.67. The first-order valence-corrected chi connectivity index (χ1v) is 3.75. The second kappa shape index (κ2) is 3.98. The molecule has 1 heterocycles. The fraction of sp³-hybridized carbons (Fsp3) is 0.333. The van der Waals surface area contributed by atoms with Gasteiger partial charge in [-0.05, 0) is 37.6 Å². The normalized spacial score (nSPS) is 12.0. The molecule has 0 bridgehead atoms. The summed E-state index contributed by atoms with van der Waals surface area (Å²) in [6, 6.07) is 3.83. The number of hydrogen-bond acceptors (Lipinski definition) is 2. The molecule has 0 saturated carbocycles. The molecule has 0 aliphatic carbocycles. The van der Waals surface area contributed by atoms with Crippen molar-refractivity contribution in [2.75, 3.05) is 6.54 Å². The van der Waals surface area contributed by atoms with Gasteiger partial charge in [0.25, 0.3) is 0 Å². The fourth-order valence-corrected chi connectivity index (χ4v) is 0.903. The summed E-state index contributed by atoms with van der Waals surface area (Å²) in [5.74, 6) is 0.929. The molecule has 0 aromatic carbocycles. The Kier molecular flexibility index (Phi) is 2.93. The van der Waals surface area contributed by atoms with Crippen LogP contribution < -0.4 is 5.73 Å². The van der Waals surface area contributed by atoms with Crippen molar-refractivity contribution in [2.24, 2.45) is 5.73 Å². The molecular formula is C9H13NO. The van der Waals surface area contributed by atoms with Crippen molar-refractivity contribution in [3.63, 3.8) is 0 Å². The van der Waals surface area contributed by atoms with Crippen molar-refractivity contribution >= 4 is 5.57 Å². The van der Waals surface area contributed by atoms with Gasteiger partial charge in [0.2, 0.25) is 0 Å². The number of allylic oxidation sites excluding steroid dienone is 1. The second-order valence-corrected chi connectivity index (χ2v) is 2.44. The van der Waals surface area contributed by atoms with Gasteiger partial charge in [0, 0.05) is 0 Å². The predicted molar refractivity (Wildman–Crippen MR) is 46.0 cm³/mol.